The van der Waals surface area contributed by atoms with Crippen molar-refractivity contribution in [2.45, 2.75) is 19.6 Å². The summed E-state index contributed by atoms with van der Waals surface area (Å²) < 4.78 is 10.2. The molecule has 150 valence electrons. The molecule has 0 bridgehead atoms. The first kappa shape index (κ1) is 19.7. The Kier molecular flexibility index (Phi) is 5.28. The zero-order chi connectivity index (χ0) is 20.5. The number of primary amides is 1. The van der Waals surface area contributed by atoms with Crippen molar-refractivity contribution in [3.05, 3.63) is 35.5 Å². The molecule has 28 heavy (non-hydrogen) atoms. The number of ether oxygens (including phenoxy) is 2. The molecule has 1 amide bonds. The number of rotatable bonds is 4. The predicted molar refractivity (Wildman–Crippen MR) is 103 cm³/mol. The molecule has 0 aliphatic carbocycles. The van der Waals surface area contributed by atoms with Gasteiger partial charge in [-0.2, -0.15) is 0 Å². The summed E-state index contributed by atoms with van der Waals surface area (Å²) >= 11 is 0. The van der Waals surface area contributed by atoms with E-state index in [1.807, 2.05) is 0 Å². The van der Waals surface area contributed by atoms with E-state index in [9.17, 15) is 14.4 Å². The second-order valence-electron chi connectivity index (χ2n) is 7.27. The predicted octanol–water partition coefficient (Wildman–Crippen LogP) is 0.669. The van der Waals surface area contributed by atoms with Crippen molar-refractivity contribution in [3.63, 3.8) is 0 Å². The number of esters is 2. The Morgan fingerprint density at radius 1 is 1.14 bits per heavy atom. The molecule has 2 fully saturated rings. The summed E-state index contributed by atoms with van der Waals surface area (Å²) in [6, 6.07) is 5.04. The molecule has 3 rings (SSSR count). The van der Waals surface area contributed by atoms with E-state index in [1.54, 1.807) is 18.2 Å². The van der Waals surface area contributed by atoms with Crippen molar-refractivity contribution in [1.29, 1.82) is 0 Å². The highest BCUT2D eigenvalue weighted by Crippen LogP contribution is 2.29. The molecule has 9 heteroatoms. The molecule has 2 aliphatic rings. The third kappa shape index (κ3) is 4.25. The highest BCUT2D eigenvalue weighted by molar-refractivity contribution is 6.15. The van der Waals surface area contributed by atoms with Crippen molar-refractivity contribution in [3.8, 4) is 0 Å². The average molecular weight is 388 g/mol. The summed E-state index contributed by atoms with van der Waals surface area (Å²) in [6.45, 7) is 6.35. The zero-order valence-electron chi connectivity index (χ0n) is 16.2. The number of cyclic esters (lactones) is 2. The molecule has 2 saturated heterocycles. The number of carbonyl (C=O) groups is 3. The second-order valence-corrected chi connectivity index (χ2v) is 7.27. The van der Waals surface area contributed by atoms with E-state index in [4.69, 9.17) is 15.2 Å². The first-order valence-corrected chi connectivity index (χ1v) is 8.97. The van der Waals surface area contributed by atoms with Gasteiger partial charge in [-0.05, 0) is 25.2 Å². The fourth-order valence-corrected chi connectivity index (χ4v) is 3.06. The smallest absolute Gasteiger partial charge is 0.350 e. The third-order valence-electron chi connectivity index (χ3n) is 4.61. The molecular weight excluding hydrogens is 364 g/mol. The van der Waals surface area contributed by atoms with Gasteiger partial charge >= 0.3 is 11.9 Å². The van der Waals surface area contributed by atoms with Gasteiger partial charge in [0.05, 0.1) is 11.4 Å². The summed E-state index contributed by atoms with van der Waals surface area (Å²) in [5, 5.41) is 2.95. The lowest BCUT2D eigenvalue weighted by atomic mass is 10.1. The summed E-state index contributed by atoms with van der Waals surface area (Å²) in [4.78, 5) is 40.2. The maximum atomic E-state index is 12.1. The standard InChI is InChI=1S/C19H24N4O5/c1-19(2)27-17(25)13(18(26)28-19)11-21-14-10-12(16(20)24)4-5-15(14)23-8-6-22(3)7-9-23/h4-5,10-11,21H,6-9H2,1-3H3,(H2,20,24). The molecule has 0 saturated carbocycles. The number of nitrogens with zero attached hydrogens (tertiary/aromatic N) is 2. The van der Waals surface area contributed by atoms with Crippen LogP contribution < -0.4 is 16.0 Å². The highest BCUT2D eigenvalue weighted by Gasteiger charge is 2.39. The van der Waals surface area contributed by atoms with Crippen molar-refractivity contribution >= 4 is 29.2 Å². The van der Waals surface area contributed by atoms with E-state index < -0.39 is 23.6 Å². The number of hydrogen-bond acceptors (Lipinski definition) is 8. The fourth-order valence-electron chi connectivity index (χ4n) is 3.06. The molecule has 3 N–H and O–H groups in total. The van der Waals surface area contributed by atoms with Gasteiger partial charge in [-0.15, -0.1) is 0 Å². The van der Waals surface area contributed by atoms with Gasteiger partial charge in [-0.1, -0.05) is 0 Å². The maximum Gasteiger partial charge on any atom is 0.350 e. The summed E-state index contributed by atoms with van der Waals surface area (Å²) in [7, 11) is 2.05. The topological polar surface area (TPSA) is 114 Å². The molecule has 0 radical (unpaired) electrons. The van der Waals surface area contributed by atoms with Crippen LogP contribution in [0.5, 0.6) is 0 Å². The van der Waals surface area contributed by atoms with Crippen LogP contribution in [-0.4, -0.2) is 61.8 Å². The van der Waals surface area contributed by atoms with Gasteiger partial charge in [-0.25, -0.2) is 9.59 Å². The van der Waals surface area contributed by atoms with Crippen LogP contribution in [0.3, 0.4) is 0 Å². The zero-order valence-corrected chi connectivity index (χ0v) is 16.2. The molecule has 1 aromatic carbocycles. The highest BCUT2D eigenvalue weighted by atomic mass is 16.7. The maximum absolute atomic E-state index is 12.1. The van der Waals surface area contributed by atoms with Gasteiger partial charge in [0.15, 0.2) is 5.57 Å². The van der Waals surface area contributed by atoms with Crippen LogP contribution in [0.2, 0.25) is 0 Å². The number of benzene rings is 1. The van der Waals surface area contributed by atoms with E-state index in [0.717, 1.165) is 31.9 Å². The normalized spacial score (nSPS) is 19.7. The lowest BCUT2D eigenvalue weighted by molar-refractivity contribution is -0.222. The number of hydrogen-bond donors (Lipinski definition) is 2. The third-order valence-corrected chi connectivity index (χ3v) is 4.61. The molecule has 1 aromatic rings. The van der Waals surface area contributed by atoms with Crippen LogP contribution >= 0.6 is 0 Å². The van der Waals surface area contributed by atoms with Crippen LogP contribution in [0.25, 0.3) is 0 Å². The lowest BCUT2D eigenvalue weighted by Gasteiger charge is -2.35. The van der Waals surface area contributed by atoms with Gasteiger partial charge in [0, 0.05) is 51.8 Å². The van der Waals surface area contributed by atoms with Gasteiger partial charge in [-0.3, -0.25) is 4.79 Å². The Hall–Kier alpha value is -3.07. The number of anilines is 2. The summed E-state index contributed by atoms with van der Waals surface area (Å²) in [6.07, 6.45) is 1.24. The van der Waals surface area contributed by atoms with Crippen molar-refractivity contribution < 1.29 is 23.9 Å². The van der Waals surface area contributed by atoms with Crippen LogP contribution in [0.4, 0.5) is 11.4 Å². The molecule has 2 heterocycles. The Balaban J connectivity index is 1.89. The van der Waals surface area contributed by atoms with Crippen LogP contribution in [0, 0.1) is 0 Å². The van der Waals surface area contributed by atoms with E-state index in [1.165, 1.54) is 20.0 Å². The van der Waals surface area contributed by atoms with Gasteiger partial charge in [0.2, 0.25) is 5.91 Å². The molecule has 9 nitrogen and oxygen atoms in total. The second kappa shape index (κ2) is 7.51. The minimum absolute atomic E-state index is 0.256. The Morgan fingerprint density at radius 2 is 1.75 bits per heavy atom. The number of piperazine rings is 1. The number of nitrogens with two attached hydrogens (primary N) is 1. The number of likely N-dealkylation sites (N-methyl/N-ethyl adjacent to an activating group) is 1. The van der Waals surface area contributed by atoms with Crippen molar-refractivity contribution in [2.24, 2.45) is 5.73 Å². The first-order chi connectivity index (χ1) is 13.2. The minimum atomic E-state index is -1.30. The van der Waals surface area contributed by atoms with Crippen molar-refractivity contribution in [1.82, 2.24) is 4.90 Å². The Morgan fingerprint density at radius 3 is 2.32 bits per heavy atom. The monoisotopic (exact) mass is 388 g/mol. The molecule has 0 aromatic heterocycles. The number of nitrogens with one attached hydrogen (secondary N) is 1. The average Bonchev–Trinajstić information content (AvgIpc) is 2.60. The van der Waals surface area contributed by atoms with Gasteiger partial charge < -0.3 is 30.3 Å². The first-order valence-electron chi connectivity index (χ1n) is 8.97. The molecule has 2 aliphatic heterocycles. The lowest BCUT2D eigenvalue weighted by Crippen LogP contribution is -2.44. The quantitative estimate of drug-likeness (QED) is 0.439. The SMILES string of the molecule is CN1CCN(c2ccc(C(N)=O)cc2NC=C2C(=O)OC(C)(C)OC2=O)CC1. The van der Waals surface area contributed by atoms with E-state index >= 15 is 0 Å². The van der Waals surface area contributed by atoms with E-state index in [0.29, 0.717) is 11.3 Å². The minimum Gasteiger partial charge on any atom is -0.419 e. The number of carbonyl (C=O) groups excluding carboxylic acids is 3. The molecular formula is C19H24N4O5. The molecule has 0 unspecified atom stereocenters. The summed E-state index contributed by atoms with van der Waals surface area (Å²) in [5.41, 5.74) is 6.84. The Labute approximate surface area is 163 Å². The molecule has 0 spiro atoms. The van der Waals surface area contributed by atoms with E-state index in [2.05, 4.69) is 22.2 Å². The van der Waals surface area contributed by atoms with E-state index in [-0.39, 0.29) is 5.57 Å². The number of amides is 1. The molecule has 0 atom stereocenters. The van der Waals surface area contributed by atoms with Gasteiger partial charge in [0.1, 0.15) is 0 Å². The largest absolute Gasteiger partial charge is 0.419 e. The Bertz CT molecular complexity index is 819. The van der Waals surface area contributed by atoms with Crippen LogP contribution in [-0.2, 0) is 19.1 Å². The van der Waals surface area contributed by atoms with Crippen LogP contribution in [0.15, 0.2) is 30.0 Å². The van der Waals surface area contributed by atoms with Crippen LogP contribution in [0.1, 0.15) is 24.2 Å². The van der Waals surface area contributed by atoms with Gasteiger partial charge in [0.25, 0.3) is 5.79 Å². The van der Waals surface area contributed by atoms with Crippen molar-refractivity contribution in [2.75, 3.05) is 43.4 Å². The fraction of sp³-hybridized carbons (Fsp3) is 0.421. The summed E-state index contributed by atoms with van der Waals surface area (Å²) in [5.74, 6) is -3.43.